The summed E-state index contributed by atoms with van der Waals surface area (Å²) in [5.41, 5.74) is 2.40. The molecule has 0 aliphatic carbocycles. The normalized spacial score (nSPS) is 14.2. The van der Waals surface area contributed by atoms with Crippen molar-refractivity contribution in [2.75, 3.05) is 25.7 Å². The topological polar surface area (TPSA) is 41.5 Å². The molecule has 19 heavy (non-hydrogen) atoms. The average Bonchev–Trinajstić information content (AvgIpc) is 2.39. The minimum absolute atomic E-state index is 0.207. The van der Waals surface area contributed by atoms with E-state index in [4.69, 9.17) is 9.84 Å². The van der Waals surface area contributed by atoms with Crippen LogP contribution in [0.2, 0.25) is 0 Å². The van der Waals surface area contributed by atoms with Gasteiger partial charge in [0.1, 0.15) is 5.75 Å². The Bertz CT molecular complexity index is 378. The van der Waals surface area contributed by atoms with Crippen LogP contribution in [0.5, 0.6) is 5.75 Å². The van der Waals surface area contributed by atoms with Crippen molar-refractivity contribution < 1.29 is 9.84 Å². The van der Waals surface area contributed by atoms with E-state index in [0.29, 0.717) is 6.04 Å². The van der Waals surface area contributed by atoms with E-state index < -0.39 is 0 Å². The fourth-order valence-corrected chi connectivity index (χ4v) is 2.87. The van der Waals surface area contributed by atoms with E-state index in [-0.39, 0.29) is 12.6 Å². The molecule has 0 aromatic heterocycles. The molecule has 0 saturated carbocycles. The van der Waals surface area contributed by atoms with Crippen LogP contribution in [0.3, 0.4) is 0 Å². The minimum atomic E-state index is 0.207. The molecule has 2 atom stereocenters. The molecule has 1 rings (SSSR count). The number of thioether (sulfide) groups is 1. The second-order valence-corrected chi connectivity index (χ2v) is 5.71. The van der Waals surface area contributed by atoms with Crippen molar-refractivity contribution in [3.63, 3.8) is 0 Å². The zero-order valence-corrected chi connectivity index (χ0v) is 13.1. The third-order valence-electron chi connectivity index (χ3n) is 3.18. The first-order valence-corrected chi connectivity index (χ1v) is 8.02. The van der Waals surface area contributed by atoms with Crippen molar-refractivity contribution in [1.82, 2.24) is 5.32 Å². The molecule has 0 spiro atoms. The zero-order chi connectivity index (χ0) is 14.3. The molecule has 0 fully saturated rings. The van der Waals surface area contributed by atoms with Gasteiger partial charge in [-0.3, -0.25) is 0 Å². The number of methoxy groups -OCH3 is 1. The molecule has 0 bridgehead atoms. The average molecular weight is 283 g/mol. The van der Waals surface area contributed by atoms with Gasteiger partial charge in [-0.05, 0) is 32.6 Å². The van der Waals surface area contributed by atoms with Gasteiger partial charge in [-0.25, -0.2) is 0 Å². The van der Waals surface area contributed by atoms with Crippen LogP contribution in [-0.4, -0.2) is 36.9 Å². The van der Waals surface area contributed by atoms with Gasteiger partial charge in [0.05, 0.1) is 7.11 Å². The van der Waals surface area contributed by atoms with Gasteiger partial charge in [0.15, 0.2) is 0 Å². The van der Waals surface area contributed by atoms with Gasteiger partial charge in [0.2, 0.25) is 0 Å². The van der Waals surface area contributed by atoms with Gasteiger partial charge in [0, 0.05) is 30.0 Å². The first kappa shape index (κ1) is 16.3. The van der Waals surface area contributed by atoms with Gasteiger partial charge < -0.3 is 15.2 Å². The lowest BCUT2D eigenvalue weighted by atomic mass is 10.0. The molecule has 0 radical (unpaired) electrons. The molecule has 0 aliphatic rings. The van der Waals surface area contributed by atoms with E-state index in [1.54, 1.807) is 18.9 Å². The summed E-state index contributed by atoms with van der Waals surface area (Å²) >= 11 is 1.80. The lowest BCUT2D eigenvalue weighted by molar-refractivity contribution is 0.265. The van der Waals surface area contributed by atoms with E-state index in [1.807, 2.05) is 6.07 Å². The summed E-state index contributed by atoms with van der Waals surface area (Å²) in [6.07, 6.45) is 2.86. The summed E-state index contributed by atoms with van der Waals surface area (Å²) in [7, 11) is 1.70. The number of aliphatic hydroxyl groups excluding tert-OH is 1. The number of aliphatic hydroxyl groups is 1. The summed E-state index contributed by atoms with van der Waals surface area (Å²) < 4.78 is 5.43. The predicted octanol–water partition coefficient (Wildman–Crippen LogP) is 2.77. The van der Waals surface area contributed by atoms with Crippen LogP contribution in [0, 0.1) is 6.92 Å². The maximum atomic E-state index is 9.12. The van der Waals surface area contributed by atoms with Crippen molar-refractivity contribution >= 4 is 11.8 Å². The highest BCUT2D eigenvalue weighted by atomic mass is 32.2. The lowest BCUT2D eigenvalue weighted by Crippen LogP contribution is -2.34. The third kappa shape index (κ3) is 5.05. The van der Waals surface area contributed by atoms with Gasteiger partial charge in [-0.15, -0.1) is 0 Å². The van der Waals surface area contributed by atoms with E-state index in [9.17, 15) is 0 Å². The Hall–Kier alpha value is -0.710. The second kappa shape index (κ2) is 8.46. The standard InChI is InChI=1S/C15H25NO2S/c1-11-5-6-15(18-3)14(9-11)12(2)16-13(7-8-17)10-19-4/h5-6,9,12-13,16-17H,7-8,10H2,1-4H3. The summed E-state index contributed by atoms with van der Waals surface area (Å²) in [6, 6.07) is 6.76. The van der Waals surface area contributed by atoms with Crippen LogP contribution in [0.1, 0.15) is 30.5 Å². The van der Waals surface area contributed by atoms with Crippen LogP contribution >= 0.6 is 11.8 Å². The van der Waals surface area contributed by atoms with Crippen LogP contribution in [0.4, 0.5) is 0 Å². The Morgan fingerprint density at radius 3 is 2.74 bits per heavy atom. The van der Waals surface area contributed by atoms with Gasteiger partial charge >= 0.3 is 0 Å². The van der Waals surface area contributed by atoms with Crippen molar-refractivity contribution in [2.45, 2.75) is 32.4 Å². The largest absolute Gasteiger partial charge is 0.496 e. The maximum Gasteiger partial charge on any atom is 0.123 e. The highest BCUT2D eigenvalue weighted by Crippen LogP contribution is 2.26. The predicted molar refractivity (Wildman–Crippen MR) is 83.2 cm³/mol. The van der Waals surface area contributed by atoms with Crippen LogP contribution in [0.15, 0.2) is 18.2 Å². The Morgan fingerprint density at radius 2 is 2.16 bits per heavy atom. The van der Waals surface area contributed by atoms with Crippen LogP contribution in [0.25, 0.3) is 0 Å². The number of nitrogens with one attached hydrogen (secondary N) is 1. The Balaban J connectivity index is 2.80. The fourth-order valence-electron chi connectivity index (χ4n) is 2.21. The van der Waals surface area contributed by atoms with Crippen molar-refractivity contribution in [3.8, 4) is 5.75 Å². The SMILES string of the molecule is COc1ccc(C)cc1C(C)NC(CCO)CSC. The van der Waals surface area contributed by atoms with Crippen LogP contribution in [-0.2, 0) is 0 Å². The molecule has 0 saturated heterocycles. The maximum absolute atomic E-state index is 9.12. The number of hydrogen-bond donors (Lipinski definition) is 2. The molecule has 2 unspecified atom stereocenters. The van der Waals surface area contributed by atoms with Crippen LogP contribution < -0.4 is 10.1 Å². The molecule has 1 aromatic carbocycles. The summed E-state index contributed by atoms with van der Waals surface area (Å²) in [5.74, 6) is 1.91. The lowest BCUT2D eigenvalue weighted by Gasteiger charge is -2.24. The first-order chi connectivity index (χ1) is 9.12. The van der Waals surface area contributed by atoms with Gasteiger partial charge in [0.25, 0.3) is 0 Å². The smallest absolute Gasteiger partial charge is 0.123 e. The molecule has 0 aliphatic heterocycles. The highest BCUT2D eigenvalue weighted by molar-refractivity contribution is 7.98. The molecule has 4 heteroatoms. The second-order valence-electron chi connectivity index (χ2n) is 4.80. The molecule has 1 aromatic rings. The number of ether oxygens (including phenoxy) is 1. The number of rotatable bonds is 8. The number of hydrogen-bond acceptors (Lipinski definition) is 4. The van der Waals surface area contributed by atoms with E-state index in [1.165, 1.54) is 11.1 Å². The number of benzene rings is 1. The Morgan fingerprint density at radius 1 is 1.42 bits per heavy atom. The van der Waals surface area contributed by atoms with Crippen molar-refractivity contribution in [3.05, 3.63) is 29.3 Å². The quantitative estimate of drug-likeness (QED) is 0.770. The molecule has 0 amide bonds. The van der Waals surface area contributed by atoms with Crippen molar-refractivity contribution in [2.24, 2.45) is 0 Å². The van der Waals surface area contributed by atoms with Gasteiger partial charge in [-0.2, -0.15) is 11.8 Å². The third-order valence-corrected chi connectivity index (χ3v) is 3.92. The van der Waals surface area contributed by atoms with Crippen molar-refractivity contribution in [1.29, 1.82) is 0 Å². The van der Waals surface area contributed by atoms with E-state index >= 15 is 0 Å². The highest BCUT2D eigenvalue weighted by Gasteiger charge is 2.16. The molecule has 0 heterocycles. The molecule has 3 nitrogen and oxygen atoms in total. The summed E-state index contributed by atoms with van der Waals surface area (Å²) in [5, 5.41) is 12.7. The van der Waals surface area contributed by atoms with E-state index in [2.05, 4.69) is 37.6 Å². The Kier molecular flexibility index (Phi) is 7.28. The molecule has 108 valence electrons. The Labute approximate surface area is 120 Å². The molecule has 2 N–H and O–H groups in total. The van der Waals surface area contributed by atoms with Gasteiger partial charge in [-0.1, -0.05) is 17.7 Å². The number of aryl methyl sites for hydroxylation is 1. The van der Waals surface area contributed by atoms with E-state index in [0.717, 1.165) is 17.9 Å². The summed E-state index contributed by atoms with van der Waals surface area (Å²) in [4.78, 5) is 0. The zero-order valence-electron chi connectivity index (χ0n) is 12.3. The molecular weight excluding hydrogens is 258 g/mol. The minimum Gasteiger partial charge on any atom is -0.496 e. The first-order valence-electron chi connectivity index (χ1n) is 6.62. The fraction of sp³-hybridized carbons (Fsp3) is 0.600. The monoisotopic (exact) mass is 283 g/mol. The summed E-state index contributed by atoms with van der Waals surface area (Å²) in [6.45, 7) is 4.45. The molecular formula is C15H25NO2S.